The normalized spacial score (nSPS) is 12.8. The zero-order chi connectivity index (χ0) is 15.6. The largest absolute Gasteiger partial charge is 0.481 e. The van der Waals surface area contributed by atoms with Gasteiger partial charge in [-0.05, 0) is 18.3 Å². The van der Waals surface area contributed by atoms with E-state index in [0.717, 1.165) is 12.8 Å². The lowest BCUT2D eigenvalue weighted by molar-refractivity contribution is -0.141. The van der Waals surface area contributed by atoms with Gasteiger partial charge in [-0.2, -0.15) is 0 Å². The highest BCUT2D eigenvalue weighted by Gasteiger charge is 2.20. The molecule has 0 rings (SSSR count). The first kappa shape index (κ1) is 18.7. The van der Waals surface area contributed by atoms with Crippen molar-refractivity contribution >= 4 is 12.0 Å². The summed E-state index contributed by atoms with van der Waals surface area (Å²) in [6.45, 7) is 7.34. The van der Waals surface area contributed by atoms with Gasteiger partial charge in [-0.3, -0.25) is 4.79 Å². The lowest BCUT2D eigenvalue weighted by Crippen LogP contribution is -2.43. The fourth-order valence-corrected chi connectivity index (χ4v) is 1.73. The summed E-state index contributed by atoms with van der Waals surface area (Å²) in [7, 11) is 1.65. The van der Waals surface area contributed by atoms with Gasteiger partial charge in [0.1, 0.15) is 0 Å². The molecule has 0 saturated carbocycles. The molecule has 3 N–H and O–H groups in total. The minimum atomic E-state index is -0.868. The van der Waals surface area contributed by atoms with E-state index in [0.29, 0.717) is 19.6 Å². The molecule has 0 fully saturated rings. The number of carbonyl (C=O) groups excluding carboxylic acids is 1. The Balaban J connectivity index is 4.01. The number of carboxylic acid groups (broad SMARTS) is 1. The van der Waals surface area contributed by atoms with Gasteiger partial charge in [0.15, 0.2) is 0 Å². The highest BCUT2D eigenvalue weighted by Crippen LogP contribution is 2.18. The highest BCUT2D eigenvalue weighted by molar-refractivity contribution is 5.75. The van der Waals surface area contributed by atoms with E-state index in [2.05, 4.69) is 10.6 Å². The Bertz CT molecular complexity index is 306. The molecule has 20 heavy (non-hydrogen) atoms. The number of nitrogens with one attached hydrogen (secondary N) is 2. The summed E-state index contributed by atoms with van der Waals surface area (Å²) in [5.41, 5.74) is -0.0526. The summed E-state index contributed by atoms with van der Waals surface area (Å²) in [6.07, 6.45) is 2.19. The Labute approximate surface area is 121 Å². The molecule has 0 bridgehead atoms. The topological polar surface area (TPSA) is 87.7 Å². The van der Waals surface area contributed by atoms with Crippen LogP contribution in [0.25, 0.3) is 0 Å². The Morgan fingerprint density at radius 2 is 1.95 bits per heavy atom. The second-order valence-electron chi connectivity index (χ2n) is 5.79. The molecule has 0 aromatic carbocycles. The number of methoxy groups -OCH3 is 1. The molecule has 6 heteroatoms. The van der Waals surface area contributed by atoms with Crippen LogP contribution < -0.4 is 10.6 Å². The number of hydrogen-bond donors (Lipinski definition) is 3. The average molecular weight is 288 g/mol. The van der Waals surface area contributed by atoms with Gasteiger partial charge in [-0.15, -0.1) is 0 Å². The molecule has 0 aliphatic carbocycles. The molecule has 0 heterocycles. The van der Waals surface area contributed by atoms with Gasteiger partial charge in [0, 0.05) is 26.8 Å². The Morgan fingerprint density at radius 1 is 1.30 bits per heavy atom. The Hall–Kier alpha value is -1.30. The number of rotatable bonds is 10. The van der Waals surface area contributed by atoms with Crippen LogP contribution >= 0.6 is 0 Å². The smallest absolute Gasteiger partial charge is 0.314 e. The van der Waals surface area contributed by atoms with Crippen LogP contribution in [0.2, 0.25) is 0 Å². The number of amides is 2. The van der Waals surface area contributed by atoms with Gasteiger partial charge < -0.3 is 20.5 Å². The third-order valence-corrected chi connectivity index (χ3v) is 3.21. The van der Waals surface area contributed by atoms with E-state index in [1.165, 1.54) is 0 Å². The van der Waals surface area contributed by atoms with Crippen molar-refractivity contribution in [2.24, 2.45) is 11.3 Å². The van der Waals surface area contributed by atoms with Crippen molar-refractivity contribution in [1.29, 1.82) is 0 Å². The van der Waals surface area contributed by atoms with Crippen LogP contribution in [0.3, 0.4) is 0 Å². The van der Waals surface area contributed by atoms with Crippen LogP contribution in [0.15, 0.2) is 0 Å². The van der Waals surface area contributed by atoms with E-state index >= 15 is 0 Å². The van der Waals surface area contributed by atoms with Crippen molar-refractivity contribution < 1.29 is 19.4 Å². The van der Waals surface area contributed by atoms with Crippen LogP contribution in [0.1, 0.15) is 40.0 Å². The maximum Gasteiger partial charge on any atom is 0.314 e. The fourth-order valence-electron chi connectivity index (χ4n) is 1.73. The Morgan fingerprint density at radius 3 is 2.45 bits per heavy atom. The van der Waals surface area contributed by atoms with Crippen molar-refractivity contribution in [3.8, 4) is 0 Å². The van der Waals surface area contributed by atoms with Crippen LogP contribution in [0, 0.1) is 11.3 Å². The number of carboxylic acids is 1. The summed E-state index contributed by atoms with van der Waals surface area (Å²) in [5.74, 6) is -1.39. The molecule has 6 nitrogen and oxygen atoms in total. The van der Waals surface area contributed by atoms with Gasteiger partial charge in [0.2, 0.25) is 0 Å². The van der Waals surface area contributed by atoms with E-state index in [4.69, 9.17) is 9.84 Å². The number of ether oxygens (including phenoxy) is 1. The minimum absolute atomic E-state index is 0.0526. The van der Waals surface area contributed by atoms with Gasteiger partial charge in [-0.25, -0.2) is 4.79 Å². The molecule has 0 aliphatic heterocycles. The Kier molecular flexibility index (Phi) is 8.96. The molecule has 118 valence electrons. The van der Waals surface area contributed by atoms with Crippen LogP contribution in [0.4, 0.5) is 4.79 Å². The van der Waals surface area contributed by atoms with Crippen molar-refractivity contribution in [3.63, 3.8) is 0 Å². The lowest BCUT2D eigenvalue weighted by Gasteiger charge is -2.24. The van der Waals surface area contributed by atoms with Crippen molar-refractivity contribution in [1.82, 2.24) is 10.6 Å². The summed E-state index contributed by atoms with van der Waals surface area (Å²) in [4.78, 5) is 22.6. The van der Waals surface area contributed by atoms with E-state index in [1.807, 2.05) is 20.8 Å². The molecule has 0 saturated heterocycles. The third kappa shape index (κ3) is 8.74. The third-order valence-electron chi connectivity index (χ3n) is 3.21. The van der Waals surface area contributed by atoms with E-state index in [-0.39, 0.29) is 18.0 Å². The predicted molar refractivity (Wildman–Crippen MR) is 77.7 cm³/mol. The maximum absolute atomic E-state index is 11.6. The number of urea groups is 1. The fraction of sp³-hybridized carbons (Fsp3) is 0.857. The van der Waals surface area contributed by atoms with E-state index < -0.39 is 11.9 Å². The quantitative estimate of drug-likeness (QED) is 0.572. The molecule has 1 unspecified atom stereocenters. The van der Waals surface area contributed by atoms with Crippen LogP contribution in [0.5, 0.6) is 0 Å². The molecule has 0 spiro atoms. The predicted octanol–water partition coefficient (Wildman–Crippen LogP) is 1.85. The maximum atomic E-state index is 11.6. The lowest BCUT2D eigenvalue weighted by atomic mass is 9.90. The number of carbonyl (C=O) groups is 2. The second-order valence-corrected chi connectivity index (χ2v) is 5.79. The van der Waals surface area contributed by atoms with E-state index in [1.54, 1.807) is 7.11 Å². The van der Waals surface area contributed by atoms with Gasteiger partial charge >= 0.3 is 12.0 Å². The molecule has 0 aromatic heterocycles. The second kappa shape index (κ2) is 9.58. The number of aliphatic carboxylic acids is 1. The molecule has 0 aromatic rings. The highest BCUT2D eigenvalue weighted by atomic mass is 16.5. The van der Waals surface area contributed by atoms with Crippen molar-refractivity contribution in [2.45, 2.75) is 40.0 Å². The van der Waals surface area contributed by atoms with Crippen molar-refractivity contribution in [3.05, 3.63) is 0 Å². The molecule has 0 radical (unpaired) electrons. The molecule has 1 atom stereocenters. The summed E-state index contributed by atoms with van der Waals surface area (Å²) >= 11 is 0. The molecular weight excluding hydrogens is 260 g/mol. The van der Waals surface area contributed by atoms with Gasteiger partial charge in [0.25, 0.3) is 0 Å². The minimum Gasteiger partial charge on any atom is -0.481 e. The van der Waals surface area contributed by atoms with Gasteiger partial charge in [-0.1, -0.05) is 27.2 Å². The standard InChI is InChI=1S/C14H28N2O4/c1-5-6-11(12(17)18)9-15-13(19)16-10-14(2,3)7-8-20-4/h11H,5-10H2,1-4H3,(H,17,18)(H2,15,16,19). The summed E-state index contributed by atoms with van der Waals surface area (Å²) < 4.78 is 5.02. The summed E-state index contributed by atoms with van der Waals surface area (Å²) in [6, 6.07) is -0.321. The molecular formula is C14H28N2O4. The van der Waals surface area contributed by atoms with Crippen LogP contribution in [-0.2, 0) is 9.53 Å². The first-order valence-electron chi connectivity index (χ1n) is 7.06. The molecule has 0 aliphatic rings. The van der Waals surface area contributed by atoms with E-state index in [9.17, 15) is 9.59 Å². The van der Waals surface area contributed by atoms with Crippen molar-refractivity contribution in [2.75, 3.05) is 26.8 Å². The van der Waals surface area contributed by atoms with Crippen LogP contribution in [-0.4, -0.2) is 43.9 Å². The SMILES string of the molecule is CCCC(CNC(=O)NCC(C)(C)CCOC)C(=O)O. The summed E-state index contributed by atoms with van der Waals surface area (Å²) in [5, 5.41) is 14.4. The zero-order valence-electron chi connectivity index (χ0n) is 13.0. The van der Waals surface area contributed by atoms with Gasteiger partial charge in [0.05, 0.1) is 5.92 Å². The first-order valence-corrected chi connectivity index (χ1v) is 7.06. The number of hydrogen-bond acceptors (Lipinski definition) is 3. The molecule has 2 amide bonds. The first-order chi connectivity index (χ1) is 9.32. The zero-order valence-corrected chi connectivity index (χ0v) is 13.0. The monoisotopic (exact) mass is 288 g/mol. The average Bonchev–Trinajstić information content (AvgIpc) is 2.38.